The van der Waals surface area contributed by atoms with Crippen LogP contribution in [-0.2, 0) is 17.5 Å². The number of halogens is 3. The minimum atomic E-state index is -4.53. The molecule has 2 unspecified atom stereocenters. The van der Waals surface area contributed by atoms with E-state index in [4.69, 9.17) is 0 Å². The first-order chi connectivity index (χ1) is 13.8. The molecule has 3 amide bonds. The highest BCUT2D eigenvalue weighted by Gasteiger charge is 2.48. The molecule has 8 heteroatoms. The Kier molecular flexibility index (Phi) is 4.90. The van der Waals surface area contributed by atoms with Crippen molar-refractivity contribution in [3.63, 3.8) is 0 Å². The van der Waals surface area contributed by atoms with E-state index < -0.39 is 29.1 Å². The lowest BCUT2D eigenvalue weighted by atomic mass is 10.0. The lowest BCUT2D eigenvalue weighted by Gasteiger charge is -2.41. The van der Waals surface area contributed by atoms with E-state index in [1.54, 1.807) is 29.7 Å². The van der Waals surface area contributed by atoms with Crippen molar-refractivity contribution in [3.8, 4) is 0 Å². The summed E-state index contributed by atoms with van der Waals surface area (Å²) in [5.74, 6) is -0.360. The monoisotopic (exact) mass is 418 g/mol. The van der Waals surface area contributed by atoms with Crippen molar-refractivity contribution in [3.05, 3.63) is 76.7 Å². The lowest BCUT2D eigenvalue weighted by Crippen LogP contribution is -2.61. The molecule has 0 radical (unpaired) electrons. The fourth-order valence-electron chi connectivity index (χ4n) is 3.64. The topological polar surface area (TPSA) is 40.6 Å². The number of hydrogen-bond donors (Lipinski definition) is 0. The number of nitrogens with zero attached hydrogens (tertiary/aromatic N) is 2. The molecule has 2 aromatic rings. The summed E-state index contributed by atoms with van der Waals surface area (Å²) in [7, 11) is 0. The van der Waals surface area contributed by atoms with Crippen LogP contribution in [0.2, 0.25) is 0 Å². The van der Waals surface area contributed by atoms with Crippen molar-refractivity contribution in [2.75, 3.05) is 4.90 Å². The average molecular weight is 418 g/mol. The molecular weight excluding hydrogens is 401 g/mol. The van der Waals surface area contributed by atoms with Gasteiger partial charge in [0, 0.05) is 6.54 Å². The maximum absolute atomic E-state index is 13.4. The number of amides is 3. The van der Waals surface area contributed by atoms with Gasteiger partial charge in [-0.15, -0.1) is 11.8 Å². The zero-order valence-corrected chi connectivity index (χ0v) is 16.2. The summed E-state index contributed by atoms with van der Waals surface area (Å²) in [6.45, 7) is 1.60. The maximum atomic E-state index is 13.4. The molecule has 0 aromatic heterocycles. The molecule has 0 saturated carbocycles. The molecule has 2 atom stereocenters. The third-order valence-electron chi connectivity index (χ3n) is 5.00. The SMILES string of the molecule is Cc1cccc(N2C(=O)C3SC=CC3N(Cc3ccccc3C(F)(F)F)C2=O)c1. The smallest absolute Gasteiger partial charge is 0.311 e. The standard InChI is InChI=1S/C21H17F3N2O2S/c1-13-5-4-7-15(11-13)26-19(27)18-17(9-10-29-18)25(20(26)28)12-14-6-2-3-8-16(14)21(22,23)24/h2-11,17-18H,12H2,1H3. The van der Waals surface area contributed by atoms with E-state index in [-0.39, 0.29) is 18.0 Å². The van der Waals surface area contributed by atoms with E-state index >= 15 is 0 Å². The van der Waals surface area contributed by atoms with E-state index in [1.807, 2.05) is 13.0 Å². The second-order valence-corrected chi connectivity index (χ2v) is 8.01. The van der Waals surface area contributed by atoms with Gasteiger partial charge in [0.2, 0.25) is 0 Å². The number of carbonyl (C=O) groups is 2. The Balaban J connectivity index is 1.74. The summed E-state index contributed by atoms with van der Waals surface area (Å²) >= 11 is 1.28. The zero-order valence-electron chi connectivity index (χ0n) is 15.4. The Morgan fingerprint density at radius 3 is 2.55 bits per heavy atom. The quantitative estimate of drug-likeness (QED) is 0.706. The van der Waals surface area contributed by atoms with Crippen LogP contribution in [0.1, 0.15) is 16.7 Å². The molecule has 1 saturated heterocycles. The summed E-state index contributed by atoms with van der Waals surface area (Å²) < 4.78 is 40.3. The minimum Gasteiger partial charge on any atom is -0.311 e. The predicted octanol–water partition coefficient (Wildman–Crippen LogP) is 4.98. The molecule has 4 nitrogen and oxygen atoms in total. The molecule has 2 aliphatic heterocycles. The first-order valence-electron chi connectivity index (χ1n) is 8.96. The summed E-state index contributed by atoms with van der Waals surface area (Å²) in [6.07, 6.45) is -2.82. The molecule has 4 rings (SSSR count). The van der Waals surface area contributed by atoms with E-state index in [0.29, 0.717) is 5.69 Å². The number of rotatable bonds is 3. The first-order valence-corrected chi connectivity index (χ1v) is 9.90. The van der Waals surface area contributed by atoms with Gasteiger partial charge in [-0.2, -0.15) is 13.2 Å². The number of alkyl halides is 3. The van der Waals surface area contributed by atoms with Crippen molar-refractivity contribution >= 4 is 29.4 Å². The minimum absolute atomic E-state index is 0.00376. The molecule has 2 heterocycles. The highest BCUT2D eigenvalue weighted by molar-refractivity contribution is 8.03. The van der Waals surface area contributed by atoms with Crippen LogP contribution < -0.4 is 4.90 Å². The van der Waals surface area contributed by atoms with Gasteiger partial charge in [0.15, 0.2) is 0 Å². The molecule has 2 aromatic carbocycles. The summed E-state index contributed by atoms with van der Waals surface area (Å²) in [5, 5.41) is 1.15. The fourth-order valence-corrected chi connectivity index (χ4v) is 4.68. The highest BCUT2D eigenvalue weighted by atomic mass is 32.2. The Labute approximate surface area is 170 Å². The van der Waals surface area contributed by atoms with Crippen LogP contribution in [-0.4, -0.2) is 28.1 Å². The molecular formula is C21H17F3N2O2S. The van der Waals surface area contributed by atoms with Gasteiger partial charge in [-0.05, 0) is 41.7 Å². The number of benzene rings is 2. The van der Waals surface area contributed by atoms with Crippen molar-refractivity contribution in [2.24, 2.45) is 0 Å². The molecule has 29 heavy (non-hydrogen) atoms. The zero-order chi connectivity index (χ0) is 20.8. The molecule has 2 aliphatic rings. The van der Waals surface area contributed by atoms with Crippen molar-refractivity contribution < 1.29 is 22.8 Å². The van der Waals surface area contributed by atoms with Gasteiger partial charge in [-0.3, -0.25) is 4.79 Å². The van der Waals surface area contributed by atoms with Crippen LogP contribution in [0.15, 0.2) is 60.0 Å². The number of hydrogen-bond acceptors (Lipinski definition) is 3. The normalized spacial score (nSPS) is 21.7. The first kappa shape index (κ1) is 19.6. The number of carbonyl (C=O) groups excluding carboxylic acids is 2. The third kappa shape index (κ3) is 3.53. The van der Waals surface area contributed by atoms with Crippen LogP contribution in [0.4, 0.5) is 23.7 Å². The van der Waals surface area contributed by atoms with E-state index in [2.05, 4.69) is 0 Å². The predicted molar refractivity (Wildman–Crippen MR) is 105 cm³/mol. The van der Waals surface area contributed by atoms with Gasteiger partial charge < -0.3 is 4.90 Å². The second kappa shape index (κ2) is 7.26. The summed E-state index contributed by atoms with van der Waals surface area (Å²) in [5.41, 5.74) is 0.505. The second-order valence-electron chi connectivity index (χ2n) is 6.95. The van der Waals surface area contributed by atoms with Crippen LogP contribution in [0.3, 0.4) is 0 Å². The Morgan fingerprint density at radius 1 is 1.07 bits per heavy atom. The average Bonchev–Trinajstić information content (AvgIpc) is 3.15. The lowest BCUT2D eigenvalue weighted by molar-refractivity contribution is -0.138. The van der Waals surface area contributed by atoms with E-state index in [1.165, 1.54) is 34.9 Å². The van der Waals surface area contributed by atoms with Gasteiger partial charge in [-0.25, -0.2) is 9.69 Å². The number of imide groups is 1. The van der Waals surface area contributed by atoms with Crippen LogP contribution in [0.25, 0.3) is 0 Å². The number of anilines is 1. The van der Waals surface area contributed by atoms with Gasteiger partial charge in [0.25, 0.3) is 5.91 Å². The van der Waals surface area contributed by atoms with E-state index in [9.17, 15) is 22.8 Å². The molecule has 0 N–H and O–H groups in total. The van der Waals surface area contributed by atoms with Crippen molar-refractivity contribution in [1.29, 1.82) is 0 Å². The van der Waals surface area contributed by atoms with E-state index in [0.717, 1.165) is 16.5 Å². The molecule has 0 spiro atoms. The Hall–Kier alpha value is -2.74. The molecule has 1 fully saturated rings. The highest BCUT2D eigenvalue weighted by Crippen LogP contribution is 2.39. The Morgan fingerprint density at radius 2 is 1.83 bits per heavy atom. The van der Waals surface area contributed by atoms with Crippen LogP contribution in [0, 0.1) is 6.92 Å². The van der Waals surface area contributed by atoms with Crippen molar-refractivity contribution in [1.82, 2.24) is 4.90 Å². The number of thioether (sulfide) groups is 1. The van der Waals surface area contributed by atoms with Gasteiger partial charge in [0.05, 0.1) is 17.3 Å². The number of aryl methyl sites for hydroxylation is 1. The Bertz CT molecular complexity index is 1010. The van der Waals surface area contributed by atoms with Gasteiger partial charge in [0.1, 0.15) is 5.25 Å². The summed E-state index contributed by atoms with van der Waals surface area (Å²) in [4.78, 5) is 28.7. The fraction of sp³-hybridized carbons (Fsp3) is 0.238. The third-order valence-corrected chi connectivity index (χ3v) is 6.08. The van der Waals surface area contributed by atoms with Crippen LogP contribution >= 0.6 is 11.8 Å². The molecule has 150 valence electrons. The van der Waals surface area contributed by atoms with Gasteiger partial charge >= 0.3 is 12.2 Å². The summed E-state index contributed by atoms with van der Waals surface area (Å²) in [6, 6.07) is 10.9. The number of urea groups is 1. The number of fused-ring (bicyclic) bond motifs is 1. The van der Waals surface area contributed by atoms with Gasteiger partial charge in [-0.1, -0.05) is 36.4 Å². The van der Waals surface area contributed by atoms with Crippen LogP contribution in [0.5, 0.6) is 0 Å². The maximum Gasteiger partial charge on any atom is 0.416 e. The molecule has 0 bridgehead atoms. The molecule has 0 aliphatic carbocycles. The largest absolute Gasteiger partial charge is 0.416 e. The van der Waals surface area contributed by atoms with Crippen molar-refractivity contribution in [2.45, 2.75) is 30.9 Å².